The maximum atomic E-state index is 12.7. The largest absolute Gasteiger partial charge is 0.468 e. The number of rotatable bonds is 6. The molecule has 7 nitrogen and oxygen atoms in total. The van der Waals surface area contributed by atoms with E-state index in [1.54, 1.807) is 20.0 Å². The molecule has 0 aromatic carbocycles. The van der Waals surface area contributed by atoms with Gasteiger partial charge in [0.15, 0.2) is 6.61 Å². The van der Waals surface area contributed by atoms with Gasteiger partial charge in [-0.3, -0.25) is 9.59 Å². The molecule has 0 fully saturated rings. The molecule has 2 rings (SSSR count). The van der Waals surface area contributed by atoms with Crippen molar-refractivity contribution < 1.29 is 27.5 Å². The third-order valence-electron chi connectivity index (χ3n) is 3.84. The van der Waals surface area contributed by atoms with Crippen molar-refractivity contribution in [1.29, 1.82) is 0 Å². The Morgan fingerprint density at radius 2 is 1.96 bits per heavy atom. The Bertz CT molecular complexity index is 841. The molecule has 1 unspecified atom stereocenters. The molecule has 2 aromatic rings. The van der Waals surface area contributed by atoms with E-state index in [1.807, 2.05) is 0 Å². The highest BCUT2D eigenvalue weighted by Crippen LogP contribution is 2.23. The fourth-order valence-electron chi connectivity index (χ4n) is 2.30. The summed E-state index contributed by atoms with van der Waals surface area (Å²) in [5.74, 6) is -0.528. The van der Waals surface area contributed by atoms with Crippen LogP contribution in [0.4, 0.5) is 19.0 Å². The summed E-state index contributed by atoms with van der Waals surface area (Å²) in [5.41, 5.74) is 0.942. The standard InChI is InChI=1S/C18H19F3N4O3/c1-11(14-4-5-16(23-9-14)28-10-18(19,20)21)25(3)17(27)13-6-7-22-15(8-13)24-12(2)26/h4-9,11H,10H2,1-3H3,(H,22,24,26). The average Bonchev–Trinajstić information content (AvgIpc) is 2.64. The Labute approximate surface area is 159 Å². The van der Waals surface area contributed by atoms with E-state index in [4.69, 9.17) is 0 Å². The van der Waals surface area contributed by atoms with Crippen molar-refractivity contribution in [3.8, 4) is 5.88 Å². The number of aromatic nitrogens is 2. The number of anilines is 1. The van der Waals surface area contributed by atoms with Crippen molar-refractivity contribution in [2.45, 2.75) is 26.1 Å². The number of hydrogen-bond acceptors (Lipinski definition) is 5. The van der Waals surface area contributed by atoms with Crippen LogP contribution in [0.1, 0.15) is 35.8 Å². The van der Waals surface area contributed by atoms with Gasteiger partial charge in [-0.25, -0.2) is 9.97 Å². The lowest BCUT2D eigenvalue weighted by Crippen LogP contribution is -2.30. The molecular weight excluding hydrogens is 377 g/mol. The maximum absolute atomic E-state index is 12.7. The zero-order valence-corrected chi connectivity index (χ0v) is 15.4. The molecule has 150 valence electrons. The summed E-state index contributed by atoms with van der Waals surface area (Å²) in [4.78, 5) is 33.1. The van der Waals surface area contributed by atoms with Crippen LogP contribution in [0.25, 0.3) is 0 Å². The first-order chi connectivity index (χ1) is 13.1. The molecule has 0 bridgehead atoms. The lowest BCUT2D eigenvalue weighted by Gasteiger charge is -2.25. The number of nitrogens with one attached hydrogen (secondary N) is 1. The fraction of sp³-hybridized carbons (Fsp3) is 0.333. The maximum Gasteiger partial charge on any atom is 0.422 e. The number of amides is 2. The summed E-state index contributed by atoms with van der Waals surface area (Å²) in [6.45, 7) is 1.66. The Kier molecular flexibility index (Phi) is 6.55. The summed E-state index contributed by atoms with van der Waals surface area (Å²) in [6, 6.07) is 5.43. The van der Waals surface area contributed by atoms with Gasteiger partial charge in [-0.15, -0.1) is 0 Å². The molecule has 0 radical (unpaired) electrons. The molecule has 28 heavy (non-hydrogen) atoms. The highest BCUT2D eigenvalue weighted by molar-refractivity contribution is 5.96. The minimum Gasteiger partial charge on any atom is -0.468 e. The SMILES string of the molecule is CC(=O)Nc1cc(C(=O)N(C)C(C)c2ccc(OCC(F)(F)F)nc2)ccn1. The van der Waals surface area contributed by atoms with Crippen LogP contribution in [0.15, 0.2) is 36.7 Å². The topological polar surface area (TPSA) is 84.4 Å². The molecule has 1 atom stereocenters. The third kappa shape index (κ3) is 5.93. The summed E-state index contributed by atoms with van der Waals surface area (Å²) >= 11 is 0. The molecular formula is C18H19F3N4O3. The van der Waals surface area contributed by atoms with E-state index in [1.165, 1.54) is 42.4 Å². The number of alkyl halides is 3. The van der Waals surface area contributed by atoms with Crippen LogP contribution in [-0.4, -0.2) is 46.5 Å². The number of halogens is 3. The first-order valence-corrected chi connectivity index (χ1v) is 8.23. The number of nitrogens with zero attached hydrogens (tertiary/aromatic N) is 3. The summed E-state index contributed by atoms with van der Waals surface area (Å²) in [6.07, 6.45) is -1.68. The van der Waals surface area contributed by atoms with E-state index in [0.29, 0.717) is 11.1 Å². The number of hydrogen-bond donors (Lipinski definition) is 1. The molecule has 2 aromatic heterocycles. The van der Waals surface area contributed by atoms with Gasteiger partial charge in [0.05, 0.1) is 6.04 Å². The van der Waals surface area contributed by atoms with Crippen LogP contribution in [0.2, 0.25) is 0 Å². The van der Waals surface area contributed by atoms with E-state index in [0.717, 1.165) is 0 Å². The normalized spacial score (nSPS) is 12.2. The smallest absolute Gasteiger partial charge is 0.422 e. The lowest BCUT2D eigenvalue weighted by molar-refractivity contribution is -0.154. The average molecular weight is 396 g/mol. The van der Waals surface area contributed by atoms with E-state index in [2.05, 4.69) is 20.0 Å². The van der Waals surface area contributed by atoms with Gasteiger partial charge in [0, 0.05) is 38.0 Å². The predicted octanol–water partition coefficient (Wildman–Crippen LogP) is 3.21. The predicted molar refractivity (Wildman–Crippen MR) is 94.8 cm³/mol. The summed E-state index contributed by atoms with van der Waals surface area (Å²) in [5, 5.41) is 2.50. The molecule has 0 aliphatic heterocycles. The minimum absolute atomic E-state index is 0.156. The molecule has 2 amide bonds. The number of ether oxygens (including phenoxy) is 1. The van der Waals surface area contributed by atoms with E-state index in [9.17, 15) is 22.8 Å². The van der Waals surface area contributed by atoms with Crippen LogP contribution in [0.3, 0.4) is 0 Å². The molecule has 0 saturated carbocycles. The van der Waals surface area contributed by atoms with Gasteiger partial charge < -0.3 is 15.0 Å². The van der Waals surface area contributed by atoms with Crippen LogP contribution >= 0.6 is 0 Å². The van der Waals surface area contributed by atoms with Crippen molar-refractivity contribution in [2.75, 3.05) is 19.0 Å². The van der Waals surface area contributed by atoms with Gasteiger partial charge >= 0.3 is 6.18 Å². The minimum atomic E-state index is -4.44. The van der Waals surface area contributed by atoms with Crippen LogP contribution in [-0.2, 0) is 4.79 Å². The summed E-state index contributed by atoms with van der Waals surface area (Å²) < 4.78 is 41.1. The highest BCUT2D eigenvalue weighted by Gasteiger charge is 2.28. The Morgan fingerprint density at radius 3 is 2.54 bits per heavy atom. The first kappa shape index (κ1) is 21.1. The second-order valence-corrected chi connectivity index (χ2v) is 6.04. The lowest BCUT2D eigenvalue weighted by atomic mass is 10.1. The Hall–Kier alpha value is -3.17. The molecule has 1 N–H and O–H groups in total. The number of pyridine rings is 2. The fourth-order valence-corrected chi connectivity index (χ4v) is 2.30. The third-order valence-corrected chi connectivity index (χ3v) is 3.84. The van der Waals surface area contributed by atoms with Crippen molar-refractivity contribution >= 4 is 17.6 Å². The Morgan fingerprint density at radius 1 is 1.25 bits per heavy atom. The summed E-state index contributed by atoms with van der Waals surface area (Å²) in [7, 11) is 1.58. The van der Waals surface area contributed by atoms with Crippen molar-refractivity contribution in [2.24, 2.45) is 0 Å². The van der Waals surface area contributed by atoms with Gasteiger partial charge in [0.25, 0.3) is 5.91 Å². The van der Waals surface area contributed by atoms with Crippen LogP contribution < -0.4 is 10.1 Å². The Balaban J connectivity index is 2.08. The van der Waals surface area contributed by atoms with Gasteiger partial charge in [-0.05, 0) is 24.6 Å². The van der Waals surface area contributed by atoms with Crippen LogP contribution in [0, 0.1) is 0 Å². The van der Waals surface area contributed by atoms with E-state index in [-0.39, 0.29) is 23.5 Å². The van der Waals surface area contributed by atoms with E-state index < -0.39 is 18.8 Å². The quantitative estimate of drug-likeness (QED) is 0.811. The van der Waals surface area contributed by atoms with Gasteiger partial charge in [-0.2, -0.15) is 13.2 Å². The second kappa shape index (κ2) is 8.68. The first-order valence-electron chi connectivity index (χ1n) is 8.23. The zero-order valence-electron chi connectivity index (χ0n) is 15.4. The zero-order chi connectivity index (χ0) is 20.9. The molecule has 0 saturated heterocycles. The highest BCUT2D eigenvalue weighted by atomic mass is 19.4. The second-order valence-electron chi connectivity index (χ2n) is 6.04. The molecule has 2 heterocycles. The van der Waals surface area contributed by atoms with E-state index >= 15 is 0 Å². The molecule has 10 heteroatoms. The van der Waals surface area contributed by atoms with Crippen molar-refractivity contribution in [3.05, 3.63) is 47.8 Å². The van der Waals surface area contributed by atoms with Crippen molar-refractivity contribution in [1.82, 2.24) is 14.9 Å². The molecule has 0 spiro atoms. The number of carbonyl (C=O) groups excluding carboxylic acids is 2. The van der Waals surface area contributed by atoms with Crippen LogP contribution in [0.5, 0.6) is 5.88 Å². The van der Waals surface area contributed by atoms with Gasteiger partial charge in [0.1, 0.15) is 5.82 Å². The van der Waals surface area contributed by atoms with Gasteiger partial charge in [0.2, 0.25) is 11.8 Å². The van der Waals surface area contributed by atoms with Gasteiger partial charge in [-0.1, -0.05) is 6.07 Å². The molecule has 0 aliphatic carbocycles. The van der Waals surface area contributed by atoms with Crippen molar-refractivity contribution in [3.63, 3.8) is 0 Å². The molecule has 0 aliphatic rings. The monoisotopic (exact) mass is 396 g/mol. The number of carbonyl (C=O) groups is 2.